The lowest BCUT2D eigenvalue weighted by Gasteiger charge is -2.32. The van der Waals surface area contributed by atoms with Crippen LogP contribution in [0.3, 0.4) is 0 Å². The predicted octanol–water partition coefficient (Wildman–Crippen LogP) is 0.399. The Morgan fingerprint density at radius 2 is 2.10 bits per heavy atom. The average molecular weight is 282 g/mol. The fourth-order valence-electron chi connectivity index (χ4n) is 3.13. The predicted molar refractivity (Wildman–Crippen MR) is 81.5 cm³/mol. The van der Waals surface area contributed by atoms with Gasteiger partial charge < -0.3 is 16.0 Å². The summed E-state index contributed by atoms with van der Waals surface area (Å²) in [5.74, 6) is -0.215. The summed E-state index contributed by atoms with van der Waals surface area (Å²) < 4.78 is 0. The molecule has 0 aromatic heterocycles. The largest absolute Gasteiger partial charge is 0.368 e. The third-order valence-electron chi connectivity index (χ3n) is 4.62. The molecule has 1 heterocycles. The number of nitrogens with zero attached hydrogens (tertiary/aromatic N) is 2. The van der Waals surface area contributed by atoms with E-state index in [9.17, 15) is 4.79 Å². The minimum absolute atomic E-state index is 0.215. The molecule has 1 aliphatic heterocycles. The summed E-state index contributed by atoms with van der Waals surface area (Å²) >= 11 is 0. The SMILES string of the molecule is CN(C)CC1CCCN1CCC(C)(NC1CC1)C(N)=O. The van der Waals surface area contributed by atoms with Crippen LogP contribution in [0.25, 0.3) is 0 Å². The summed E-state index contributed by atoms with van der Waals surface area (Å²) in [6.45, 7) is 5.17. The Morgan fingerprint density at radius 1 is 1.40 bits per heavy atom. The number of likely N-dealkylation sites (N-methyl/N-ethyl adjacent to an activating group) is 1. The molecule has 20 heavy (non-hydrogen) atoms. The van der Waals surface area contributed by atoms with E-state index in [1.165, 1.54) is 25.7 Å². The van der Waals surface area contributed by atoms with E-state index < -0.39 is 5.54 Å². The molecule has 2 fully saturated rings. The third kappa shape index (κ3) is 4.17. The van der Waals surface area contributed by atoms with Gasteiger partial charge in [-0.15, -0.1) is 0 Å². The number of rotatable bonds is 8. The highest BCUT2D eigenvalue weighted by molar-refractivity contribution is 5.84. The molecular formula is C15H30N4O. The van der Waals surface area contributed by atoms with Gasteiger partial charge in [0.25, 0.3) is 0 Å². The fourth-order valence-corrected chi connectivity index (χ4v) is 3.13. The van der Waals surface area contributed by atoms with Crippen LogP contribution in [0.4, 0.5) is 0 Å². The number of carbonyl (C=O) groups is 1. The van der Waals surface area contributed by atoms with Gasteiger partial charge >= 0.3 is 0 Å². The van der Waals surface area contributed by atoms with Crippen molar-refractivity contribution in [3.05, 3.63) is 0 Å². The molecule has 1 saturated heterocycles. The van der Waals surface area contributed by atoms with Crippen LogP contribution in [0.2, 0.25) is 0 Å². The molecule has 1 amide bonds. The maximum absolute atomic E-state index is 11.8. The van der Waals surface area contributed by atoms with E-state index in [1.807, 2.05) is 6.92 Å². The molecule has 0 radical (unpaired) electrons. The molecular weight excluding hydrogens is 252 g/mol. The number of hydrogen-bond acceptors (Lipinski definition) is 4. The summed E-state index contributed by atoms with van der Waals surface area (Å²) in [4.78, 5) is 16.6. The lowest BCUT2D eigenvalue weighted by Crippen LogP contribution is -2.55. The zero-order chi connectivity index (χ0) is 14.8. The lowest BCUT2D eigenvalue weighted by atomic mass is 9.96. The topological polar surface area (TPSA) is 61.6 Å². The van der Waals surface area contributed by atoms with Gasteiger partial charge in [-0.3, -0.25) is 9.69 Å². The molecule has 0 bridgehead atoms. The Hall–Kier alpha value is -0.650. The van der Waals surface area contributed by atoms with Crippen LogP contribution in [-0.4, -0.2) is 67.1 Å². The number of likely N-dealkylation sites (tertiary alicyclic amines) is 1. The fraction of sp³-hybridized carbons (Fsp3) is 0.933. The van der Waals surface area contributed by atoms with Crippen molar-refractivity contribution in [2.24, 2.45) is 5.73 Å². The molecule has 116 valence electrons. The standard InChI is InChI=1S/C15H30N4O/c1-15(14(16)20,17-12-6-7-12)8-10-19-9-4-5-13(19)11-18(2)3/h12-13,17H,4-11H2,1-3H3,(H2,16,20). The Balaban J connectivity index is 1.86. The number of nitrogens with two attached hydrogens (primary N) is 1. The van der Waals surface area contributed by atoms with Crippen molar-refractivity contribution < 1.29 is 4.79 Å². The van der Waals surface area contributed by atoms with Crippen molar-refractivity contribution in [2.75, 3.05) is 33.7 Å². The Bertz CT molecular complexity index is 343. The number of carbonyl (C=O) groups excluding carboxylic acids is 1. The van der Waals surface area contributed by atoms with Crippen LogP contribution >= 0.6 is 0 Å². The Morgan fingerprint density at radius 3 is 2.65 bits per heavy atom. The zero-order valence-corrected chi connectivity index (χ0v) is 13.2. The van der Waals surface area contributed by atoms with E-state index in [2.05, 4.69) is 29.2 Å². The molecule has 5 heteroatoms. The minimum atomic E-state index is -0.549. The van der Waals surface area contributed by atoms with Crippen LogP contribution in [0.15, 0.2) is 0 Å². The minimum Gasteiger partial charge on any atom is -0.368 e. The molecule has 0 aromatic carbocycles. The van der Waals surface area contributed by atoms with Crippen molar-refractivity contribution >= 4 is 5.91 Å². The first-order valence-electron chi connectivity index (χ1n) is 7.87. The monoisotopic (exact) mass is 282 g/mol. The number of hydrogen-bond donors (Lipinski definition) is 2. The maximum atomic E-state index is 11.8. The van der Waals surface area contributed by atoms with E-state index in [0.29, 0.717) is 12.1 Å². The number of amides is 1. The third-order valence-corrected chi connectivity index (χ3v) is 4.62. The second-order valence-corrected chi connectivity index (χ2v) is 6.96. The quantitative estimate of drug-likeness (QED) is 0.676. The van der Waals surface area contributed by atoms with Crippen LogP contribution in [0.5, 0.6) is 0 Å². The molecule has 1 saturated carbocycles. The molecule has 2 rings (SSSR count). The van der Waals surface area contributed by atoms with Crippen molar-refractivity contribution in [1.82, 2.24) is 15.1 Å². The second-order valence-electron chi connectivity index (χ2n) is 6.96. The van der Waals surface area contributed by atoms with E-state index >= 15 is 0 Å². The van der Waals surface area contributed by atoms with Crippen LogP contribution in [-0.2, 0) is 4.79 Å². The summed E-state index contributed by atoms with van der Waals surface area (Å²) in [6.07, 6.45) is 5.69. The molecule has 0 aromatic rings. The number of primary amides is 1. The van der Waals surface area contributed by atoms with Gasteiger partial charge in [0.05, 0.1) is 5.54 Å². The second kappa shape index (κ2) is 6.41. The van der Waals surface area contributed by atoms with E-state index in [0.717, 1.165) is 26.1 Å². The molecule has 2 atom stereocenters. The van der Waals surface area contributed by atoms with E-state index in [1.54, 1.807) is 0 Å². The van der Waals surface area contributed by atoms with Crippen LogP contribution < -0.4 is 11.1 Å². The first-order valence-corrected chi connectivity index (χ1v) is 7.87. The van der Waals surface area contributed by atoms with Gasteiger partial charge in [-0.1, -0.05) is 0 Å². The summed E-state index contributed by atoms with van der Waals surface area (Å²) in [5, 5.41) is 3.43. The van der Waals surface area contributed by atoms with Crippen molar-refractivity contribution in [2.45, 2.75) is 56.7 Å². The normalized spacial score (nSPS) is 26.9. The highest BCUT2D eigenvalue weighted by Crippen LogP contribution is 2.25. The molecule has 0 spiro atoms. The van der Waals surface area contributed by atoms with Gasteiger partial charge in [-0.05, 0) is 59.7 Å². The maximum Gasteiger partial charge on any atom is 0.237 e. The Kier molecular flexibility index (Phi) is 5.04. The van der Waals surface area contributed by atoms with Crippen molar-refractivity contribution in [1.29, 1.82) is 0 Å². The summed E-state index contributed by atoms with van der Waals surface area (Å²) in [7, 11) is 4.25. The van der Waals surface area contributed by atoms with E-state index in [-0.39, 0.29) is 5.91 Å². The van der Waals surface area contributed by atoms with Gasteiger partial charge in [0.1, 0.15) is 0 Å². The van der Waals surface area contributed by atoms with E-state index in [4.69, 9.17) is 5.73 Å². The highest BCUT2D eigenvalue weighted by atomic mass is 16.1. The highest BCUT2D eigenvalue weighted by Gasteiger charge is 2.38. The summed E-state index contributed by atoms with van der Waals surface area (Å²) in [5.41, 5.74) is 5.07. The van der Waals surface area contributed by atoms with Crippen LogP contribution in [0, 0.1) is 0 Å². The molecule has 1 aliphatic carbocycles. The van der Waals surface area contributed by atoms with Gasteiger partial charge in [-0.2, -0.15) is 0 Å². The molecule has 3 N–H and O–H groups in total. The first-order chi connectivity index (χ1) is 9.40. The zero-order valence-electron chi connectivity index (χ0n) is 13.2. The first kappa shape index (κ1) is 15.7. The van der Waals surface area contributed by atoms with Crippen LogP contribution in [0.1, 0.15) is 39.0 Å². The van der Waals surface area contributed by atoms with Crippen molar-refractivity contribution in [3.63, 3.8) is 0 Å². The van der Waals surface area contributed by atoms with Gasteiger partial charge in [0.15, 0.2) is 0 Å². The smallest absolute Gasteiger partial charge is 0.237 e. The molecule has 5 nitrogen and oxygen atoms in total. The number of nitrogens with one attached hydrogen (secondary N) is 1. The molecule has 2 aliphatic rings. The van der Waals surface area contributed by atoms with Gasteiger partial charge in [0.2, 0.25) is 5.91 Å². The summed E-state index contributed by atoms with van der Waals surface area (Å²) in [6, 6.07) is 1.13. The Labute approximate surface area is 122 Å². The average Bonchev–Trinajstić information content (AvgIpc) is 3.05. The van der Waals surface area contributed by atoms with Crippen molar-refractivity contribution in [3.8, 4) is 0 Å². The van der Waals surface area contributed by atoms with Gasteiger partial charge in [0, 0.05) is 25.2 Å². The molecule has 2 unspecified atom stereocenters. The van der Waals surface area contributed by atoms with Gasteiger partial charge in [-0.25, -0.2) is 0 Å². The lowest BCUT2D eigenvalue weighted by molar-refractivity contribution is -0.124.